The number of aliphatic carboxylic acids is 1. The molecule has 174 valence electrons. The van der Waals surface area contributed by atoms with Crippen molar-refractivity contribution >= 4 is 45.2 Å². The predicted octanol–water partition coefficient (Wildman–Crippen LogP) is 2.63. The Morgan fingerprint density at radius 2 is 1.74 bits per heavy atom. The number of hydrogen-bond acceptors (Lipinski definition) is 7. The lowest BCUT2D eigenvalue weighted by molar-refractivity contribution is -0.308. The summed E-state index contributed by atoms with van der Waals surface area (Å²) in [5, 5.41) is 15.1. The van der Waals surface area contributed by atoms with Crippen LogP contribution < -0.4 is 16.0 Å². The van der Waals surface area contributed by atoms with Gasteiger partial charge in [-0.25, -0.2) is 4.98 Å². The zero-order valence-electron chi connectivity index (χ0n) is 18.6. The van der Waals surface area contributed by atoms with Gasteiger partial charge < -0.3 is 15.2 Å². The van der Waals surface area contributed by atoms with E-state index < -0.39 is 17.9 Å². The van der Waals surface area contributed by atoms with Crippen molar-refractivity contribution in [2.45, 2.75) is 31.5 Å². The number of fused-ring (bicyclic) bond motifs is 1. The van der Waals surface area contributed by atoms with Crippen LogP contribution in [0.15, 0.2) is 70.6 Å². The van der Waals surface area contributed by atoms with Gasteiger partial charge in [-0.2, -0.15) is 0 Å². The second-order valence-corrected chi connectivity index (χ2v) is 9.90. The van der Waals surface area contributed by atoms with Gasteiger partial charge in [0, 0.05) is 4.88 Å². The minimum absolute atomic E-state index is 0.104. The average Bonchev–Trinajstić information content (AvgIpc) is 3.12. The van der Waals surface area contributed by atoms with Crippen LogP contribution in [0, 0.1) is 13.8 Å². The van der Waals surface area contributed by atoms with Crippen LogP contribution >= 0.6 is 23.1 Å². The van der Waals surface area contributed by atoms with Crippen molar-refractivity contribution in [3.8, 4) is 5.69 Å². The van der Waals surface area contributed by atoms with Crippen molar-refractivity contribution in [1.82, 2.24) is 14.9 Å². The standard InChI is InChI=1S/C25H23N3O4S2/c1-15-16(2)34-22-21(15)23(30)28(18-11-7-4-8-12-18)25(27-22)33-14-20(29)26-19(24(31)32)13-17-9-5-3-6-10-17/h3-12,19H,13-14H2,1-2H3,(H,26,29)(H,31,32)/p-1/t19-/m1/s1. The fraction of sp³-hybridized carbons (Fsp3) is 0.200. The van der Waals surface area contributed by atoms with Crippen molar-refractivity contribution in [3.63, 3.8) is 0 Å². The van der Waals surface area contributed by atoms with Crippen molar-refractivity contribution in [2.75, 3.05) is 5.75 Å². The van der Waals surface area contributed by atoms with E-state index in [9.17, 15) is 19.5 Å². The quantitative estimate of drug-likeness (QED) is 0.300. The van der Waals surface area contributed by atoms with E-state index in [1.165, 1.54) is 15.9 Å². The smallest absolute Gasteiger partial charge is 0.267 e. The molecular formula is C25H22N3O4S2-. The molecule has 9 heteroatoms. The minimum Gasteiger partial charge on any atom is -0.548 e. The average molecular weight is 493 g/mol. The molecule has 1 N–H and O–H groups in total. The number of aromatic nitrogens is 2. The van der Waals surface area contributed by atoms with E-state index in [0.29, 0.717) is 21.1 Å². The molecule has 1 amide bonds. The topological polar surface area (TPSA) is 104 Å². The summed E-state index contributed by atoms with van der Waals surface area (Å²) in [5.74, 6) is -1.94. The van der Waals surface area contributed by atoms with E-state index in [0.717, 1.165) is 27.8 Å². The number of carbonyl (C=O) groups excluding carboxylic acids is 2. The summed E-state index contributed by atoms with van der Waals surface area (Å²) in [6.07, 6.45) is 0.117. The monoisotopic (exact) mass is 492 g/mol. The van der Waals surface area contributed by atoms with Crippen LogP contribution in [0.4, 0.5) is 0 Å². The van der Waals surface area contributed by atoms with Gasteiger partial charge in [0.25, 0.3) is 5.56 Å². The van der Waals surface area contributed by atoms with Gasteiger partial charge in [-0.05, 0) is 43.5 Å². The second-order valence-electron chi connectivity index (χ2n) is 7.75. The summed E-state index contributed by atoms with van der Waals surface area (Å²) in [7, 11) is 0. The fourth-order valence-electron chi connectivity index (χ4n) is 3.59. The maximum absolute atomic E-state index is 13.4. The van der Waals surface area contributed by atoms with E-state index >= 15 is 0 Å². The van der Waals surface area contributed by atoms with Gasteiger partial charge in [0.15, 0.2) is 5.16 Å². The summed E-state index contributed by atoms with van der Waals surface area (Å²) in [6, 6.07) is 17.0. The molecule has 0 unspecified atom stereocenters. The summed E-state index contributed by atoms with van der Waals surface area (Å²) in [4.78, 5) is 44.0. The molecule has 2 heterocycles. The van der Waals surface area contributed by atoms with Crippen molar-refractivity contribution in [1.29, 1.82) is 0 Å². The summed E-state index contributed by atoms with van der Waals surface area (Å²) >= 11 is 2.52. The van der Waals surface area contributed by atoms with Crippen LogP contribution in [0.5, 0.6) is 0 Å². The number of thiophene rings is 1. The second kappa shape index (κ2) is 10.2. The lowest BCUT2D eigenvalue weighted by Crippen LogP contribution is -2.49. The molecule has 0 fully saturated rings. The molecule has 0 radical (unpaired) electrons. The lowest BCUT2D eigenvalue weighted by Gasteiger charge is -2.20. The van der Waals surface area contributed by atoms with Crippen molar-refractivity contribution in [3.05, 3.63) is 87.0 Å². The van der Waals surface area contributed by atoms with Gasteiger partial charge in [-0.1, -0.05) is 60.3 Å². The number of carboxylic acid groups (broad SMARTS) is 1. The Labute approximate surface area is 204 Å². The number of nitrogens with zero attached hydrogens (tertiary/aromatic N) is 2. The Hall–Kier alpha value is -3.43. The summed E-state index contributed by atoms with van der Waals surface area (Å²) in [6.45, 7) is 3.85. The molecule has 0 aliphatic carbocycles. The van der Waals surface area contributed by atoms with Gasteiger partial charge in [0.05, 0.1) is 28.8 Å². The Morgan fingerprint density at radius 1 is 1.09 bits per heavy atom. The zero-order chi connectivity index (χ0) is 24.2. The van der Waals surface area contributed by atoms with Gasteiger partial charge in [-0.3, -0.25) is 14.2 Å². The number of thioether (sulfide) groups is 1. The number of para-hydroxylation sites is 1. The van der Waals surface area contributed by atoms with Gasteiger partial charge in [-0.15, -0.1) is 11.3 Å². The van der Waals surface area contributed by atoms with Crippen LogP contribution in [0.3, 0.4) is 0 Å². The highest BCUT2D eigenvalue weighted by atomic mass is 32.2. The van der Waals surface area contributed by atoms with Crippen LogP contribution in [-0.4, -0.2) is 33.2 Å². The van der Waals surface area contributed by atoms with Gasteiger partial charge >= 0.3 is 0 Å². The largest absolute Gasteiger partial charge is 0.548 e. The van der Waals surface area contributed by atoms with Gasteiger partial charge in [0.1, 0.15) is 4.83 Å². The predicted molar refractivity (Wildman–Crippen MR) is 132 cm³/mol. The molecule has 0 saturated heterocycles. The number of nitrogens with one attached hydrogen (secondary N) is 1. The molecule has 2 aromatic heterocycles. The third-order valence-electron chi connectivity index (χ3n) is 5.42. The maximum Gasteiger partial charge on any atom is 0.267 e. The number of amides is 1. The molecule has 0 aliphatic rings. The van der Waals surface area contributed by atoms with E-state index in [1.54, 1.807) is 36.4 Å². The Morgan fingerprint density at radius 3 is 2.38 bits per heavy atom. The normalized spacial score (nSPS) is 11.9. The number of hydrogen-bond donors (Lipinski definition) is 1. The number of carbonyl (C=O) groups is 2. The van der Waals surface area contributed by atoms with Crippen LogP contribution in [-0.2, 0) is 16.0 Å². The van der Waals surface area contributed by atoms with E-state index in [4.69, 9.17) is 0 Å². The molecule has 0 saturated carbocycles. The number of aryl methyl sites for hydroxylation is 2. The molecule has 4 rings (SSSR count). The molecule has 2 aromatic carbocycles. The van der Waals surface area contributed by atoms with E-state index in [1.807, 2.05) is 38.1 Å². The molecule has 4 aromatic rings. The van der Waals surface area contributed by atoms with Gasteiger partial charge in [0.2, 0.25) is 5.91 Å². The number of rotatable bonds is 8. The first kappa shape index (κ1) is 23.7. The number of carboxylic acids is 1. The maximum atomic E-state index is 13.4. The Bertz CT molecular complexity index is 1400. The summed E-state index contributed by atoms with van der Waals surface area (Å²) < 4.78 is 1.50. The van der Waals surface area contributed by atoms with Crippen LogP contribution in [0.25, 0.3) is 15.9 Å². The molecule has 0 bridgehead atoms. The fourth-order valence-corrected chi connectivity index (χ4v) is 5.48. The molecule has 1 atom stereocenters. The highest BCUT2D eigenvalue weighted by molar-refractivity contribution is 7.99. The highest BCUT2D eigenvalue weighted by Gasteiger charge is 2.20. The lowest BCUT2D eigenvalue weighted by atomic mass is 10.1. The van der Waals surface area contributed by atoms with E-state index in [-0.39, 0.29) is 17.7 Å². The molecular weight excluding hydrogens is 470 g/mol. The van der Waals surface area contributed by atoms with Crippen molar-refractivity contribution < 1.29 is 14.7 Å². The molecule has 0 aliphatic heterocycles. The Balaban J connectivity index is 1.59. The van der Waals surface area contributed by atoms with Crippen LogP contribution in [0.2, 0.25) is 0 Å². The van der Waals surface area contributed by atoms with E-state index in [2.05, 4.69) is 10.3 Å². The summed E-state index contributed by atoms with van der Waals surface area (Å²) in [5.41, 5.74) is 2.12. The first-order chi connectivity index (χ1) is 16.3. The highest BCUT2D eigenvalue weighted by Crippen LogP contribution is 2.29. The van der Waals surface area contributed by atoms with Crippen molar-refractivity contribution in [2.24, 2.45) is 0 Å². The Kier molecular flexibility index (Phi) is 7.14. The SMILES string of the molecule is Cc1sc2nc(SCC(=O)N[C@H](Cc3ccccc3)C(=O)[O-])n(-c3ccccc3)c(=O)c2c1C. The first-order valence-electron chi connectivity index (χ1n) is 10.6. The molecule has 34 heavy (non-hydrogen) atoms. The minimum atomic E-state index is -1.35. The first-order valence-corrected chi connectivity index (χ1v) is 12.4. The number of benzene rings is 2. The third-order valence-corrected chi connectivity index (χ3v) is 7.46. The molecule has 7 nitrogen and oxygen atoms in total. The zero-order valence-corrected chi connectivity index (χ0v) is 20.2. The molecule has 0 spiro atoms. The third kappa shape index (κ3) is 5.05. The van der Waals surface area contributed by atoms with Crippen LogP contribution in [0.1, 0.15) is 16.0 Å².